The second-order valence-electron chi connectivity index (χ2n) is 4.86. The molecular formula is C17H19NO4. The highest BCUT2D eigenvalue weighted by atomic mass is 16.5. The fourth-order valence-electron chi connectivity index (χ4n) is 2.25. The smallest absolute Gasteiger partial charge is 0.341 e. The first-order valence-corrected chi connectivity index (χ1v) is 7.28. The van der Waals surface area contributed by atoms with Crippen LogP contribution in [0.3, 0.4) is 0 Å². The van der Waals surface area contributed by atoms with Gasteiger partial charge >= 0.3 is 5.97 Å². The molecule has 5 nitrogen and oxygen atoms in total. The van der Waals surface area contributed by atoms with Gasteiger partial charge < -0.3 is 14.4 Å². The van der Waals surface area contributed by atoms with Crippen molar-refractivity contribution < 1.29 is 14.6 Å². The number of pyridine rings is 1. The van der Waals surface area contributed by atoms with E-state index in [1.54, 1.807) is 6.07 Å². The van der Waals surface area contributed by atoms with Crippen LogP contribution in [0.1, 0.15) is 30.6 Å². The Bertz CT molecular complexity index is 716. The molecule has 2 aromatic rings. The number of aromatic nitrogens is 1. The summed E-state index contributed by atoms with van der Waals surface area (Å²) in [5.41, 5.74) is 0.839. The van der Waals surface area contributed by atoms with Crippen molar-refractivity contribution in [2.24, 2.45) is 0 Å². The maximum absolute atomic E-state index is 12.2. The van der Waals surface area contributed by atoms with E-state index in [9.17, 15) is 9.59 Å². The molecule has 0 aliphatic rings. The topological polar surface area (TPSA) is 68.5 Å². The van der Waals surface area contributed by atoms with Gasteiger partial charge in [0.25, 0.3) is 5.56 Å². The van der Waals surface area contributed by atoms with Gasteiger partial charge in [0.05, 0.1) is 12.3 Å². The molecule has 22 heavy (non-hydrogen) atoms. The molecule has 1 aromatic heterocycles. The van der Waals surface area contributed by atoms with Gasteiger partial charge in [-0.15, -0.1) is 0 Å². The number of aromatic carboxylic acids is 1. The van der Waals surface area contributed by atoms with Gasteiger partial charge in [-0.2, -0.15) is 0 Å². The number of carboxylic acids is 1. The third-order valence-electron chi connectivity index (χ3n) is 3.34. The Morgan fingerprint density at radius 2 is 1.82 bits per heavy atom. The van der Waals surface area contributed by atoms with Crippen molar-refractivity contribution in [1.82, 2.24) is 4.57 Å². The second kappa shape index (κ2) is 6.93. The lowest BCUT2D eigenvalue weighted by molar-refractivity contribution is 0.0694. The Hall–Kier alpha value is -2.56. The first kappa shape index (κ1) is 15.8. The van der Waals surface area contributed by atoms with Gasteiger partial charge in [0.2, 0.25) is 0 Å². The zero-order valence-electron chi connectivity index (χ0n) is 12.7. The van der Waals surface area contributed by atoms with Gasteiger partial charge in [-0.05, 0) is 55.3 Å². The molecule has 0 spiro atoms. The maximum Gasteiger partial charge on any atom is 0.341 e. The molecule has 0 aliphatic heterocycles. The van der Waals surface area contributed by atoms with Crippen LogP contribution < -0.4 is 10.3 Å². The van der Waals surface area contributed by atoms with Gasteiger partial charge in [-0.3, -0.25) is 4.79 Å². The Morgan fingerprint density at radius 1 is 1.14 bits per heavy atom. The number of benzene rings is 1. The summed E-state index contributed by atoms with van der Waals surface area (Å²) in [7, 11) is 0. The van der Waals surface area contributed by atoms with Crippen molar-refractivity contribution in [2.75, 3.05) is 6.61 Å². The summed E-state index contributed by atoms with van der Waals surface area (Å²) in [5, 5.41) is 9.04. The Balaban J connectivity index is 2.42. The van der Waals surface area contributed by atoms with E-state index in [1.807, 2.05) is 38.1 Å². The lowest BCUT2D eigenvalue weighted by atomic mass is 10.1. The zero-order valence-corrected chi connectivity index (χ0v) is 12.7. The lowest BCUT2D eigenvalue weighted by Gasteiger charge is -2.12. The van der Waals surface area contributed by atoms with E-state index in [0.29, 0.717) is 18.8 Å². The van der Waals surface area contributed by atoms with E-state index in [2.05, 4.69) is 0 Å². The minimum Gasteiger partial charge on any atom is -0.494 e. The fraction of sp³-hybridized carbons (Fsp3) is 0.294. The highest BCUT2D eigenvalue weighted by Gasteiger charge is 2.14. The van der Waals surface area contributed by atoms with Crippen molar-refractivity contribution in [1.29, 1.82) is 0 Å². The van der Waals surface area contributed by atoms with Crippen LogP contribution >= 0.6 is 0 Å². The van der Waals surface area contributed by atoms with E-state index in [-0.39, 0.29) is 5.56 Å². The normalized spacial score (nSPS) is 10.5. The number of carbonyl (C=O) groups is 1. The number of hydrogen-bond donors (Lipinski definition) is 1. The van der Waals surface area contributed by atoms with Crippen LogP contribution in [-0.4, -0.2) is 22.2 Å². The monoisotopic (exact) mass is 301 g/mol. The first-order chi connectivity index (χ1) is 10.6. The number of rotatable bonds is 6. The third-order valence-corrected chi connectivity index (χ3v) is 3.34. The molecule has 0 fully saturated rings. The summed E-state index contributed by atoms with van der Waals surface area (Å²) in [4.78, 5) is 23.3. The van der Waals surface area contributed by atoms with Crippen LogP contribution in [0.5, 0.6) is 5.75 Å². The number of carboxylic acid groups (broad SMARTS) is 1. The summed E-state index contributed by atoms with van der Waals surface area (Å²) in [6, 6.07) is 10.4. The second-order valence-corrected chi connectivity index (χ2v) is 4.86. The summed E-state index contributed by atoms with van der Waals surface area (Å²) in [6.45, 7) is 4.92. The molecule has 0 saturated carbocycles. The van der Waals surface area contributed by atoms with Crippen molar-refractivity contribution >= 4 is 5.97 Å². The summed E-state index contributed by atoms with van der Waals surface area (Å²) >= 11 is 0. The molecule has 0 unspecified atom stereocenters. The number of nitrogens with zero attached hydrogens (tertiary/aromatic N) is 1. The maximum atomic E-state index is 12.2. The molecule has 2 rings (SSSR count). The van der Waals surface area contributed by atoms with Gasteiger partial charge in [-0.25, -0.2) is 4.79 Å². The average molecular weight is 301 g/mol. The molecule has 0 saturated heterocycles. The van der Waals surface area contributed by atoms with E-state index < -0.39 is 11.5 Å². The third kappa shape index (κ3) is 3.19. The predicted octanol–water partition coefficient (Wildman–Crippen LogP) is 3.02. The summed E-state index contributed by atoms with van der Waals surface area (Å²) in [6.07, 6.45) is 0.938. The Labute approximate surface area is 128 Å². The van der Waals surface area contributed by atoms with Crippen LogP contribution in [-0.2, 0) is 6.54 Å². The SMILES string of the molecule is CCCOc1ccc(-c2ccc(C(=O)O)c(=O)n2CC)cc1. The summed E-state index contributed by atoms with van der Waals surface area (Å²) in [5.74, 6) is -0.430. The standard InChI is InChI=1S/C17H19NO4/c1-3-11-22-13-7-5-12(6-8-13)15-10-9-14(17(20)21)16(19)18(15)4-2/h5-10H,3-4,11H2,1-2H3,(H,20,21). The van der Waals surface area contributed by atoms with Crippen molar-refractivity contribution in [2.45, 2.75) is 26.8 Å². The summed E-state index contributed by atoms with van der Waals surface area (Å²) < 4.78 is 6.99. The van der Waals surface area contributed by atoms with Crippen LogP contribution in [0.15, 0.2) is 41.2 Å². The molecule has 0 radical (unpaired) electrons. The van der Waals surface area contributed by atoms with E-state index in [1.165, 1.54) is 10.6 Å². The fourth-order valence-corrected chi connectivity index (χ4v) is 2.25. The van der Waals surface area contributed by atoms with Gasteiger partial charge in [0.15, 0.2) is 0 Å². The van der Waals surface area contributed by atoms with Crippen molar-refractivity contribution in [3.63, 3.8) is 0 Å². The predicted molar refractivity (Wildman–Crippen MR) is 84.6 cm³/mol. The Kier molecular flexibility index (Phi) is 4.99. The molecule has 0 bridgehead atoms. The van der Waals surface area contributed by atoms with Crippen LogP contribution in [0.2, 0.25) is 0 Å². The number of ether oxygens (including phenoxy) is 1. The minimum absolute atomic E-state index is 0.214. The zero-order chi connectivity index (χ0) is 16.1. The molecule has 0 aliphatic carbocycles. The van der Waals surface area contributed by atoms with Crippen molar-refractivity contribution in [3.05, 3.63) is 52.3 Å². The molecular weight excluding hydrogens is 282 g/mol. The molecule has 1 N–H and O–H groups in total. The van der Waals surface area contributed by atoms with Crippen LogP contribution in [0.4, 0.5) is 0 Å². The van der Waals surface area contributed by atoms with E-state index in [0.717, 1.165) is 17.7 Å². The molecule has 5 heteroatoms. The molecule has 0 atom stereocenters. The van der Waals surface area contributed by atoms with E-state index >= 15 is 0 Å². The van der Waals surface area contributed by atoms with Crippen molar-refractivity contribution in [3.8, 4) is 17.0 Å². The molecule has 116 valence electrons. The minimum atomic E-state index is -1.21. The molecule has 1 heterocycles. The van der Waals surface area contributed by atoms with Crippen LogP contribution in [0, 0.1) is 0 Å². The highest BCUT2D eigenvalue weighted by Crippen LogP contribution is 2.22. The molecule has 0 amide bonds. The van der Waals surface area contributed by atoms with E-state index in [4.69, 9.17) is 9.84 Å². The van der Waals surface area contributed by atoms with Crippen LogP contribution in [0.25, 0.3) is 11.3 Å². The first-order valence-electron chi connectivity index (χ1n) is 7.28. The highest BCUT2D eigenvalue weighted by molar-refractivity contribution is 5.87. The molecule has 1 aromatic carbocycles. The Morgan fingerprint density at radius 3 is 2.36 bits per heavy atom. The lowest BCUT2D eigenvalue weighted by Crippen LogP contribution is -2.26. The number of hydrogen-bond acceptors (Lipinski definition) is 3. The van der Waals surface area contributed by atoms with Gasteiger partial charge in [0.1, 0.15) is 11.3 Å². The average Bonchev–Trinajstić information content (AvgIpc) is 2.52. The quantitative estimate of drug-likeness (QED) is 0.890. The van der Waals surface area contributed by atoms with Gasteiger partial charge in [0, 0.05) is 6.54 Å². The van der Waals surface area contributed by atoms with Gasteiger partial charge in [-0.1, -0.05) is 6.92 Å². The largest absolute Gasteiger partial charge is 0.494 e.